The highest BCUT2D eigenvalue weighted by Gasteiger charge is 2.36. The molecule has 3 rings (SSSR count). The predicted molar refractivity (Wildman–Crippen MR) is 95.3 cm³/mol. The molecule has 0 spiro atoms. The van der Waals surface area contributed by atoms with Gasteiger partial charge in [-0.05, 0) is 17.7 Å². The van der Waals surface area contributed by atoms with Crippen molar-refractivity contribution in [2.75, 3.05) is 19.6 Å². The Bertz CT molecular complexity index is 768. The van der Waals surface area contributed by atoms with Crippen molar-refractivity contribution in [2.24, 2.45) is 0 Å². The smallest absolute Gasteiger partial charge is 0.246 e. The lowest BCUT2D eigenvalue weighted by molar-refractivity contribution is 0.271. The molecule has 0 aromatic carbocycles. The zero-order valence-corrected chi connectivity index (χ0v) is 15.7. The van der Waals surface area contributed by atoms with E-state index >= 15 is 0 Å². The fourth-order valence-electron chi connectivity index (χ4n) is 2.46. The Kier molecular flexibility index (Phi) is 6.29. The molecule has 1 aliphatic heterocycles. The number of piperazine rings is 1. The number of nitrogens with zero attached hydrogens (tertiary/aromatic N) is 2. The lowest BCUT2D eigenvalue weighted by Crippen LogP contribution is -2.48. The number of pyridine rings is 1. The minimum atomic E-state index is -3.71. The molecule has 3 heterocycles. The van der Waals surface area contributed by atoms with Crippen molar-refractivity contribution >= 4 is 57.0 Å². The van der Waals surface area contributed by atoms with Crippen molar-refractivity contribution in [3.8, 4) is 0 Å². The Labute approximate surface area is 155 Å². The first-order valence-corrected chi connectivity index (χ1v) is 9.58. The molecule has 0 saturated carbocycles. The standard InChI is InChI=1S/C13H13Cl2N3O2S2.ClH/c14-12-6-11(13(15)21-12)22(19,20)18-5-4-17-8-10(18)9-2-1-3-16-7-9;/h1-3,6-7,10,17H,4-5,8H2;1H. The van der Waals surface area contributed by atoms with E-state index in [0.717, 1.165) is 16.9 Å². The quantitative estimate of drug-likeness (QED) is 0.838. The Morgan fingerprint density at radius 1 is 1.39 bits per heavy atom. The van der Waals surface area contributed by atoms with Gasteiger partial charge in [0.15, 0.2) is 0 Å². The molecule has 0 radical (unpaired) electrons. The topological polar surface area (TPSA) is 62.3 Å². The van der Waals surface area contributed by atoms with E-state index in [1.54, 1.807) is 18.5 Å². The van der Waals surface area contributed by atoms with Gasteiger partial charge < -0.3 is 5.32 Å². The number of hydrogen-bond acceptors (Lipinski definition) is 5. The molecule has 0 bridgehead atoms. The maximum Gasteiger partial charge on any atom is 0.246 e. The Morgan fingerprint density at radius 3 is 2.78 bits per heavy atom. The van der Waals surface area contributed by atoms with Crippen LogP contribution in [0.3, 0.4) is 0 Å². The molecule has 2 aromatic heterocycles. The van der Waals surface area contributed by atoms with Crippen LogP contribution < -0.4 is 5.32 Å². The van der Waals surface area contributed by atoms with E-state index in [4.69, 9.17) is 23.2 Å². The molecule has 1 atom stereocenters. The third-order valence-corrected chi connectivity index (χ3v) is 7.14. The van der Waals surface area contributed by atoms with E-state index < -0.39 is 10.0 Å². The molecule has 126 valence electrons. The van der Waals surface area contributed by atoms with Gasteiger partial charge in [-0.15, -0.1) is 23.7 Å². The van der Waals surface area contributed by atoms with Gasteiger partial charge in [0.25, 0.3) is 0 Å². The fourth-order valence-corrected chi connectivity index (χ4v) is 6.19. The molecule has 1 fully saturated rings. The van der Waals surface area contributed by atoms with E-state index in [0.29, 0.717) is 24.0 Å². The number of aromatic nitrogens is 1. The van der Waals surface area contributed by atoms with Gasteiger partial charge in [0.05, 0.1) is 10.4 Å². The predicted octanol–water partition coefficient (Wildman–Crippen LogP) is 3.21. The molecule has 10 heteroatoms. The lowest BCUT2D eigenvalue weighted by atomic mass is 10.1. The maximum atomic E-state index is 12.9. The van der Waals surface area contributed by atoms with Crippen molar-refractivity contribution < 1.29 is 8.42 Å². The van der Waals surface area contributed by atoms with E-state index in [1.807, 2.05) is 6.07 Å². The summed E-state index contributed by atoms with van der Waals surface area (Å²) in [5.74, 6) is 0. The largest absolute Gasteiger partial charge is 0.313 e. The average molecular weight is 415 g/mol. The van der Waals surface area contributed by atoms with Crippen LogP contribution in [-0.4, -0.2) is 37.3 Å². The van der Waals surface area contributed by atoms with E-state index in [1.165, 1.54) is 10.4 Å². The molecule has 1 aliphatic rings. The third-order valence-electron chi connectivity index (χ3n) is 3.48. The van der Waals surface area contributed by atoms with Crippen LogP contribution in [0.1, 0.15) is 11.6 Å². The van der Waals surface area contributed by atoms with Gasteiger partial charge in [-0.25, -0.2) is 8.42 Å². The zero-order chi connectivity index (χ0) is 15.7. The third kappa shape index (κ3) is 3.82. The average Bonchev–Trinajstić information content (AvgIpc) is 2.87. The first-order valence-electron chi connectivity index (χ1n) is 6.57. The number of halogens is 3. The molecule has 2 aromatic rings. The van der Waals surface area contributed by atoms with Crippen LogP contribution in [0.15, 0.2) is 35.5 Å². The second kappa shape index (κ2) is 7.65. The van der Waals surface area contributed by atoms with Gasteiger partial charge in [-0.1, -0.05) is 29.3 Å². The highest BCUT2D eigenvalue weighted by Crippen LogP contribution is 2.38. The van der Waals surface area contributed by atoms with Crippen LogP contribution in [0, 0.1) is 0 Å². The van der Waals surface area contributed by atoms with Crippen LogP contribution in [-0.2, 0) is 10.0 Å². The normalized spacial score (nSPS) is 19.3. The summed E-state index contributed by atoms with van der Waals surface area (Å²) in [5.41, 5.74) is 0.843. The molecule has 1 unspecified atom stereocenters. The summed E-state index contributed by atoms with van der Waals surface area (Å²) in [6, 6.07) is 4.76. The highest BCUT2D eigenvalue weighted by atomic mass is 35.5. The van der Waals surface area contributed by atoms with Crippen LogP contribution in [0.5, 0.6) is 0 Å². The summed E-state index contributed by atoms with van der Waals surface area (Å²) in [7, 11) is -3.71. The molecule has 0 aliphatic carbocycles. The lowest BCUT2D eigenvalue weighted by Gasteiger charge is -2.35. The minimum absolute atomic E-state index is 0. The fraction of sp³-hybridized carbons (Fsp3) is 0.308. The van der Waals surface area contributed by atoms with Crippen molar-refractivity contribution in [1.82, 2.24) is 14.6 Å². The van der Waals surface area contributed by atoms with Crippen molar-refractivity contribution in [1.29, 1.82) is 0 Å². The van der Waals surface area contributed by atoms with Gasteiger partial charge in [0.1, 0.15) is 9.23 Å². The number of nitrogens with one attached hydrogen (secondary N) is 1. The summed E-state index contributed by atoms with van der Waals surface area (Å²) < 4.78 is 27.9. The van der Waals surface area contributed by atoms with Gasteiger partial charge in [-0.2, -0.15) is 4.31 Å². The Balaban J connectivity index is 0.00000192. The minimum Gasteiger partial charge on any atom is -0.313 e. The molecule has 0 amide bonds. The first-order chi connectivity index (χ1) is 10.5. The molecular formula is C13H14Cl3N3O2S2. The summed E-state index contributed by atoms with van der Waals surface area (Å²) in [5, 5.41) is 3.22. The van der Waals surface area contributed by atoms with Crippen molar-refractivity contribution in [3.63, 3.8) is 0 Å². The number of rotatable bonds is 3. The van der Waals surface area contributed by atoms with Crippen molar-refractivity contribution in [3.05, 3.63) is 44.8 Å². The molecule has 1 N–H and O–H groups in total. The van der Waals surface area contributed by atoms with Crippen LogP contribution in [0.4, 0.5) is 0 Å². The molecule has 1 saturated heterocycles. The maximum absolute atomic E-state index is 12.9. The van der Waals surface area contributed by atoms with Gasteiger partial charge >= 0.3 is 0 Å². The number of sulfonamides is 1. The summed E-state index contributed by atoms with van der Waals surface area (Å²) >= 11 is 13.0. The van der Waals surface area contributed by atoms with E-state index in [9.17, 15) is 8.42 Å². The number of hydrogen-bond donors (Lipinski definition) is 1. The summed E-state index contributed by atoms with van der Waals surface area (Å²) in [4.78, 5) is 4.15. The molecule has 5 nitrogen and oxygen atoms in total. The van der Waals surface area contributed by atoms with E-state index in [-0.39, 0.29) is 27.7 Å². The molecule has 23 heavy (non-hydrogen) atoms. The first kappa shape index (κ1) is 18.9. The van der Waals surface area contributed by atoms with Gasteiger partial charge in [0, 0.05) is 32.0 Å². The SMILES string of the molecule is Cl.O=S(=O)(c1cc(Cl)sc1Cl)N1CCNCC1c1cccnc1. The zero-order valence-electron chi connectivity index (χ0n) is 11.8. The summed E-state index contributed by atoms with van der Waals surface area (Å²) in [6.07, 6.45) is 3.34. The summed E-state index contributed by atoms with van der Waals surface area (Å²) in [6.45, 7) is 1.48. The van der Waals surface area contributed by atoms with Crippen molar-refractivity contribution in [2.45, 2.75) is 10.9 Å². The van der Waals surface area contributed by atoms with Gasteiger partial charge in [0.2, 0.25) is 10.0 Å². The van der Waals surface area contributed by atoms with Crippen LogP contribution in [0.25, 0.3) is 0 Å². The number of thiophene rings is 1. The second-order valence-electron chi connectivity index (χ2n) is 4.81. The van der Waals surface area contributed by atoms with Crippen LogP contribution >= 0.6 is 46.9 Å². The second-order valence-corrected chi connectivity index (χ2v) is 8.96. The Morgan fingerprint density at radius 2 is 2.17 bits per heavy atom. The van der Waals surface area contributed by atoms with Gasteiger partial charge in [-0.3, -0.25) is 4.98 Å². The Hall–Kier alpha value is -0.410. The van der Waals surface area contributed by atoms with E-state index in [2.05, 4.69) is 10.3 Å². The van der Waals surface area contributed by atoms with Crippen LogP contribution in [0.2, 0.25) is 8.67 Å². The highest BCUT2D eigenvalue weighted by molar-refractivity contribution is 7.89. The molecular weight excluding hydrogens is 401 g/mol. The monoisotopic (exact) mass is 413 g/mol.